The normalized spacial score (nSPS) is 18.7. The summed E-state index contributed by atoms with van der Waals surface area (Å²) < 4.78 is 0. The molecule has 152 valence electrons. The van der Waals surface area contributed by atoms with E-state index in [9.17, 15) is 4.79 Å². The summed E-state index contributed by atoms with van der Waals surface area (Å²) >= 11 is 1.46. The zero-order chi connectivity index (χ0) is 21.2. The molecule has 1 amide bonds. The van der Waals surface area contributed by atoms with Crippen LogP contribution < -0.4 is 0 Å². The number of hydrogen-bond acceptors (Lipinski definition) is 3. The molecule has 1 fully saturated rings. The summed E-state index contributed by atoms with van der Waals surface area (Å²) in [6.07, 6.45) is 2.86. The van der Waals surface area contributed by atoms with Crippen LogP contribution in [-0.2, 0) is 10.2 Å². The molecular formula is C25H30N2OS. The molecule has 4 heteroatoms. The van der Waals surface area contributed by atoms with Crippen LogP contribution in [0.5, 0.6) is 0 Å². The number of nitrogens with zero attached hydrogens (tertiary/aromatic N) is 2. The Morgan fingerprint density at radius 1 is 1.07 bits per heavy atom. The number of thioether (sulfide) groups is 1. The predicted molar refractivity (Wildman–Crippen MR) is 126 cm³/mol. The summed E-state index contributed by atoms with van der Waals surface area (Å²) in [6.45, 7) is 12.8. The van der Waals surface area contributed by atoms with Gasteiger partial charge in [-0.15, -0.1) is 0 Å². The SMILES string of the molecule is CC[C@H](C)N1C(=O)/C(=C\c2ccc(C(C)(C)C)cc2)SC1=Nc1ccc(C)cc1. The summed E-state index contributed by atoms with van der Waals surface area (Å²) in [5, 5.41) is 0.755. The fourth-order valence-corrected chi connectivity index (χ4v) is 4.19. The largest absolute Gasteiger partial charge is 0.284 e. The third-order valence-corrected chi connectivity index (χ3v) is 6.18. The second-order valence-corrected chi connectivity index (χ2v) is 9.65. The van der Waals surface area contributed by atoms with E-state index in [1.807, 2.05) is 35.2 Å². The van der Waals surface area contributed by atoms with Crippen LogP contribution in [0.15, 0.2) is 58.4 Å². The topological polar surface area (TPSA) is 32.7 Å². The third kappa shape index (κ3) is 4.99. The van der Waals surface area contributed by atoms with Gasteiger partial charge in [-0.1, -0.05) is 69.7 Å². The molecule has 3 nitrogen and oxygen atoms in total. The highest BCUT2D eigenvalue weighted by molar-refractivity contribution is 8.18. The minimum Gasteiger partial charge on any atom is -0.284 e. The number of amidine groups is 1. The average Bonchev–Trinajstić information content (AvgIpc) is 2.97. The van der Waals surface area contributed by atoms with E-state index in [2.05, 4.69) is 65.8 Å². The van der Waals surface area contributed by atoms with Crippen LogP contribution in [0, 0.1) is 6.92 Å². The summed E-state index contributed by atoms with van der Waals surface area (Å²) in [5.74, 6) is 0.0371. The Bertz CT molecular complexity index is 934. The Morgan fingerprint density at radius 2 is 1.69 bits per heavy atom. The lowest BCUT2D eigenvalue weighted by atomic mass is 9.87. The number of amides is 1. The van der Waals surface area contributed by atoms with E-state index < -0.39 is 0 Å². The van der Waals surface area contributed by atoms with Crippen molar-refractivity contribution in [2.75, 3.05) is 0 Å². The van der Waals surface area contributed by atoms with Crippen LogP contribution in [-0.4, -0.2) is 22.0 Å². The molecular weight excluding hydrogens is 376 g/mol. The van der Waals surface area contributed by atoms with Crippen molar-refractivity contribution >= 4 is 34.6 Å². The highest BCUT2D eigenvalue weighted by Gasteiger charge is 2.36. The van der Waals surface area contributed by atoms with E-state index in [1.54, 1.807) is 0 Å². The smallest absolute Gasteiger partial charge is 0.266 e. The van der Waals surface area contributed by atoms with Gasteiger partial charge in [0.2, 0.25) is 0 Å². The van der Waals surface area contributed by atoms with Crippen molar-refractivity contribution in [1.82, 2.24) is 4.90 Å². The van der Waals surface area contributed by atoms with E-state index in [0.717, 1.165) is 27.7 Å². The number of rotatable bonds is 4. The van der Waals surface area contributed by atoms with Crippen molar-refractivity contribution in [3.05, 3.63) is 70.1 Å². The molecule has 0 spiro atoms. The minimum atomic E-state index is 0.0371. The Balaban J connectivity index is 1.93. The highest BCUT2D eigenvalue weighted by atomic mass is 32.2. The monoisotopic (exact) mass is 406 g/mol. The standard InChI is InChI=1S/C25H30N2OS/c1-7-18(3)27-23(28)22(16-19-10-12-20(13-11-19)25(4,5)6)29-24(27)26-21-14-8-17(2)9-15-21/h8-16,18H,7H2,1-6H3/b22-16+,26-24?/t18-/m0/s1. The maximum Gasteiger partial charge on any atom is 0.266 e. The molecule has 0 aromatic heterocycles. The molecule has 1 aliphatic rings. The number of aryl methyl sites for hydroxylation is 1. The van der Waals surface area contributed by atoms with Crippen LogP contribution in [0.4, 0.5) is 5.69 Å². The molecule has 29 heavy (non-hydrogen) atoms. The van der Waals surface area contributed by atoms with E-state index in [0.29, 0.717) is 0 Å². The van der Waals surface area contributed by atoms with Gasteiger partial charge >= 0.3 is 0 Å². The van der Waals surface area contributed by atoms with Gasteiger partial charge in [-0.2, -0.15) is 0 Å². The van der Waals surface area contributed by atoms with E-state index >= 15 is 0 Å². The predicted octanol–water partition coefficient (Wildman–Crippen LogP) is 6.70. The molecule has 1 atom stereocenters. The third-order valence-electron chi connectivity index (χ3n) is 5.20. The van der Waals surface area contributed by atoms with Gasteiger partial charge in [-0.05, 0) is 66.8 Å². The molecule has 2 aromatic rings. The van der Waals surface area contributed by atoms with Gasteiger partial charge in [0.25, 0.3) is 5.91 Å². The Morgan fingerprint density at radius 3 is 2.24 bits per heavy atom. The van der Waals surface area contributed by atoms with Gasteiger partial charge in [-0.3, -0.25) is 9.69 Å². The molecule has 1 heterocycles. The first-order valence-electron chi connectivity index (χ1n) is 10.2. The van der Waals surface area contributed by atoms with Crippen molar-refractivity contribution in [2.24, 2.45) is 4.99 Å². The van der Waals surface area contributed by atoms with Crippen molar-refractivity contribution in [2.45, 2.75) is 59.4 Å². The maximum atomic E-state index is 13.1. The average molecular weight is 407 g/mol. The first kappa shape index (κ1) is 21.4. The molecule has 0 unspecified atom stereocenters. The lowest BCUT2D eigenvalue weighted by molar-refractivity contribution is -0.123. The second-order valence-electron chi connectivity index (χ2n) is 8.65. The molecule has 3 rings (SSSR count). The molecule has 0 bridgehead atoms. The summed E-state index contributed by atoms with van der Waals surface area (Å²) in [5.41, 5.74) is 4.50. The molecule has 2 aromatic carbocycles. The van der Waals surface area contributed by atoms with Gasteiger partial charge < -0.3 is 0 Å². The van der Waals surface area contributed by atoms with Crippen molar-refractivity contribution in [1.29, 1.82) is 0 Å². The second kappa shape index (κ2) is 8.58. The summed E-state index contributed by atoms with van der Waals surface area (Å²) in [4.78, 5) is 20.5. The van der Waals surface area contributed by atoms with Crippen molar-refractivity contribution in [3.8, 4) is 0 Å². The fourth-order valence-electron chi connectivity index (χ4n) is 3.10. The van der Waals surface area contributed by atoms with Crippen LogP contribution in [0.1, 0.15) is 57.7 Å². The number of benzene rings is 2. The number of carbonyl (C=O) groups is 1. The quantitative estimate of drug-likeness (QED) is 0.530. The van der Waals surface area contributed by atoms with Gasteiger partial charge in [-0.25, -0.2) is 4.99 Å². The number of carbonyl (C=O) groups excluding carboxylic acids is 1. The fraction of sp³-hybridized carbons (Fsp3) is 0.360. The molecule has 0 aliphatic carbocycles. The van der Waals surface area contributed by atoms with Crippen LogP contribution >= 0.6 is 11.8 Å². The Labute approximate surface area is 178 Å². The zero-order valence-electron chi connectivity index (χ0n) is 18.2. The summed E-state index contributed by atoms with van der Waals surface area (Å²) in [7, 11) is 0. The molecule has 0 N–H and O–H groups in total. The first-order chi connectivity index (χ1) is 13.7. The molecule has 1 aliphatic heterocycles. The number of hydrogen-bond donors (Lipinski definition) is 0. The molecule has 1 saturated heterocycles. The Hall–Kier alpha value is -2.33. The van der Waals surface area contributed by atoms with Crippen molar-refractivity contribution in [3.63, 3.8) is 0 Å². The van der Waals surface area contributed by atoms with Crippen LogP contribution in [0.2, 0.25) is 0 Å². The lowest BCUT2D eigenvalue weighted by Crippen LogP contribution is -2.36. The van der Waals surface area contributed by atoms with Crippen LogP contribution in [0.3, 0.4) is 0 Å². The van der Waals surface area contributed by atoms with Gasteiger partial charge in [0.15, 0.2) is 5.17 Å². The first-order valence-corrected chi connectivity index (χ1v) is 11.0. The van der Waals surface area contributed by atoms with Gasteiger partial charge in [0, 0.05) is 6.04 Å². The van der Waals surface area contributed by atoms with E-state index in [1.165, 1.54) is 22.9 Å². The van der Waals surface area contributed by atoms with Crippen molar-refractivity contribution < 1.29 is 4.79 Å². The van der Waals surface area contributed by atoms with Crippen LogP contribution in [0.25, 0.3) is 6.08 Å². The Kier molecular flexibility index (Phi) is 6.33. The molecule has 0 saturated carbocycles. The molecule has 0 radical (unpaired) electrons. The van der Waals surface area contributed by atoms with Gasteiger partial charge in [0.1, 0.15) is 0 Å². The highest BCUT2D eigenvalue weighted by Crippen LogP contribution is 2.36. The maximum absolute atomic E-state index is 13.1. The lowest BCUT2D eigenvalue weighted by Gasteiger charge is -2.22. The van der Waals surface area contributed by atoms with E-state index in [4.69, 9.17) is 4.99 Å². The minimum absolute atomic E-state index is 0.0371. The zero-order valence-corrected chi connectivity index (χ0v) is 19.0. The number of aliphatic imine (C=N–C) groups is 1. The summed E-state index contributed by atoms with van der Waals surface area (Å²) in [6, 6.07) is 16.6. The van der Waals surface area contributed by atoms with E-state index in [-0.39, 0.29) is 17.4 Å². The van der Waals surface area contributed by atoms with Gasteiger partial charge in [0.05, 0.1) is 10.6 Å².